The van der Waals surface area contributed by atoms with Crippen LogP contribution < -0.4 is 35.5 Å². The zero-order valence-corrected chi connectivity index (χ0v) is 15.4. The predicted molar refractivity (Wildman–Crippen MR) is 103 cm³/mol. The number of benzene rings is 2. The molecule has 0 spiro atoms. The minimum atomic E-state index is -0.575. The van der Waals surface area contributed by atoms with Gasteiger partial charge in [0.2, 0.25) is 16.6 Å². The van der Waals surface area contributed by atoms with Crippen molar-refractivity contribution in [3.05, 3.63) is 50.8 Å². The SMILES string of the molecule is COc1ccc(-c2c(-c3cc(OC)c(OC)c(OC)c3)c(=O)c2=O)cc1N. The number of ether oxygens (including phenoxy) is 4. The summed E-state index contributed by atoms with van der Waals surface area (Å²) in [7, 11) is 5.95. The molecule has 3 rings (SSSR count). The molecule has 0 unspecified atom stereocenters. The van der Waals surface area contributed by atoms with Gasteiger partial charge < -0.3 is 24.7 Å². The van der Waals surface area contributed by atoms with Gasteiger partial charge in [0.05, 0.1) is 34.1 Å². The van der Waals surface area contributed by atoms with Crippen molar-refractivity contribution in [2.45, 2.75) is 0 Å². The molecule has 0 atom stereocenters. The van der Waals surface area contributed by atoms with Crippen LogP contribution in [0.25, 0.3) is 22.3 Å². The third-order valence-electron chi connectivity index (χ3n) is 4.38. The molecule has 0 aliphatic carbocycles. The van der Waals surface area contributed by atoms with Crippen molar-refractivity contribution in [3.8, 4) is 45.3 Å². The summed E-state index contributed by atoms with van der Waals surface area (Å²) in [6.07, 6.45) is 0. The Bertz CT molecular complexity index is 1050. The van der Waals surface area contributed by atoms with Crippen LogP contribution in [0, 0.1) is 0 Å². The highest BCUT2D eigenvalue weighted by atomic mass is 16.5. The maximum absolute atomic E-state index is 12.3. The van der Waals surface area contributed by atoms with Gasteiger partial charge in [0.1, 0.15) is 5.75 Å². The van der Waals surface area contributed by atoms with Crippen LogP contribution in [-0.4, -0.2) is 28.4 Å². The third-order valence-corrected chi connectivity index (χ3v) is 4.38. The molecular weight excluding hydrogens is 350 g/mol. The van der Waals surface area contributed by atoms with E-state index in [1.165, 1.54) is 28.4 Å². The van der Waals surface area contributed by atoms with E-state index >= 15 is 0 Å². The number of hydrogen-bond acceptors (Lipinski definition) is 7. The normalized spacial score (nSPS) is 10.7. The average molecular weight is 369 g/mol. The lowest BCUT2D eigenvalue weighted by atomic mass is 9.88. The molecule has 27 heavy (non-hydrogen) atoms. The van der Waals surface area contributed by atoms with Crippen molar-refractivity contribution in [1.82, 2.24) is 0 Å². The molecule has 0 bridgehead atoms. The number of rotatable bonds is 6. The Labute approximate surface area is 155 Å². The highest BCUT2D eigenvalue weighted by molar-refractivity contribution is 5.89. The van der Waals surface area contributed by atoms with E-state index < -0.39 is 10.9 Å². The fraction of sp³-hybridized carbons (Fsp3) is 0.200. The van der Waals surface area contributed by atoms with Gasteiger partial charge in [-0.2, -0.15) is 0 Å². The number of anilines is 1. The summed E-state index contributed by atoms with van der Waals surface area (Å²) in [5.41, 5.74) is 6.79. The van der Waals surface area contributed by atoms with Crippen molar-refractivity contribution in [2.75, 3.05) is 34.2 Å². The fourth-order valence-corrected chi connectivity index (χ4v) is 3.06. The van der Waals surface area contributed by atoms with Gasteiger partial charge in [-0.1, -0.05) is 6.07 Å². The molecule has 3 aromatic rings. The lowest BCUT2D eigenvalue weighted by molar-refractivity contribution is 0.324. The highest BCUT2D eigenvalue weighted by Crippen LogP contribution is 2.42. The number of hydrogen-bond donors (Lipinski definition) is 1. The Morgan fingerprint density at radius 1 is 0.667 bits per heavy atom. The Morgan fingerprint density at radius 2 is 1.19 bits per heavy atom. The molecule has 0 aromatic heterocycles. The summed E-state index contributed by atoms with van der Waals surface area (Å²) >= 11 is 0. The summed E-state index contributed by atoms with van der Waals surface area (Å²) < 4.78 is 21.1. The van der Waals surface area contributed by atoms with E-state index in [0.29, 0.717) is 45.4 Å². The van der Waals surface area contributed by atoms with E-state index in [9.17, 15) is 9.59 Å². The maximum atomic E-state index is 12.3. The Morgan fingerprint density at radius 3 is 1.63 bits per heavy atom. The van der Waals surface area contributed by atoms with Crippen LogP contribution in [0.4, 0.5) is 5.69 Å². The second-order valence-electron chi connectivity index (χ2n) is 5.78. The van der Waals surface area contributed by atoms with Crippen molar-refractivity contribution in [3.63, 3.8) is 0 Å². The van der Waals surface area contributed by atoms with E-state index in [-0.39, 0.29) is 5.56 Å². The topological polar surface area (TPSA) is 97.1 Å². The summed E-state index contributed by atoms with van der Waals surface area (Å²) in [5, 5.41) is 0. The second kappa shape index (κ2) is 7.03. The van der Waals surface area contributed by atoms with Crippen LogP contribution in [0.1, 0.15) is 0 Å². The third kappa shape index (κ3) is 2.87. The highest BCUT2D eigenvalue weighted by Gasteiger charge is 2.26. The van der Waals surface area contributed by atoms with Gasteiger partial charge in [-0.05, 0) is 35.4 Å². The van der Waals surface area contributed by atoms with Crippen LogP contribution in [0.2, 0.25) is 0 Å². The van der Waals surface area contributed by atoms with E-state index in [2.05, 4.69) is 0 Å². The number of nitrogens with two attached hydrogens (primary N) is 1. The molecule has 0 saturated heterocycles. The Hall–Kier alpha value is -3.48. The van der Waals surface area contributed by atoms with Gasteiger partial charge in [-0.25, -0.2) is 0 Å². The molecule has 0 heterocycles. The molecule has 0 radical (unpaired) electrons. The molecule has 140 valence electrons. The molecule has 3 aromatic carbocycles. The standard InChI is InChI=1S/C20H19NO6/c1-24-13-6-5-10(7-12(13)21)16-17(19(23)18(16)22)11-8-14(25-2)20(27-4)15(9-11)26-3/h5-9H,21H2,1-4H3. The molecule has 0 aliphatic rings. The Kier molecular flexibility index (Phi) is 4.77. The monoisotopic (exact) mass is 369 g/mol. The molecule has 7 nitrogen and oxygen atoms in total. The quantitative estimate of drug-likeness (QED) is 0.526. The molecule has 0 amide bonds. The minimum Gasteiger partial charge on any atom is -0.495 e. The first-order valence-corrected chi connectivity index (χ1v) is 8.04. The van der Waals surface area contributed by atoms with Crippen molar-refractivity contribution >= 4 is 5.69 Å². The Balaban J connectivity index is 2.21. The van der Waals surface area contributed by atoms with Crippen LogP contribution in [0.15, 0.2) is 39.9 Å². The minimum absolute atomic E-state index is 0.281. The van der Waals surface area contributed by atoms with Crippen LogP contribution in [0.5, 0.6) is 23.0 Å². The summed E-state index contributed by atoms with van der Waals surface area (Å²) in [6, 6.07) is 8.21. The molecular formula is C20H19NO6. The van der Waals surface area contributed by atoms with Gasteiger partial charge in [-0.3, -0.25) is 9.59 Å². The first-order valence-electron chi connectivity index (χ1n) is 8.04. The van der Waals surface area contributed by atoms with Crippen molar-refractivity contribution < 1.29 is 18.9 Å². The number of methoxy groups -OCH3 is 4. The summed E-state index contributed by atoms with van der Waals surface area (Å²) in [5.74, 6) is 1.67. The zero-order chi connectivity index (χ0) is 19.7. The van der Waals surface area contributed by atoms with E-state index in [4.69, 9.17) is 24.7 Å². The fourth-order valence-electron chi connectivity index (χ4n) is 3.06. The first kappa shape index (κ1) is 18.3. The second-order valence-corrected chi connectivity index (χ2v) is 5.78. The first-order chi connectivity index (χ1) is 13.0. The van der Waals surface area contributed by atoms with Gasteiger partial charge in [0.25, 0.3) is 0 Å². The molecule has 0 saturated carbocycles. The predicted octanol–water partition coefficient (Wildman–Crippen LogP) is 2.23. The van der Waals surface area contributed by atoms with Gasteiger partial charge in [0.15, 0.2) is 11.5 Å². The smallest absolute Gasteiger partial charge is 0.234 e. The lowest BCUT2D eigenvalue weighted by Crippen LogP contribution is -2.35. The van der Waals surface area contributed by atoms with Crippen molar-refractivity contribution in [1.29, 1.82) is 0 Å². The van der Waals surface area contributed by atoms with Gasteiger partial charge >= 0.3 is 0 Å². The largest absolute Gasteiger partial charge is 0.495 e. The van der Waals surface area contributed by atoms with Crippen LogP contribution in [-0.2, 0) is 0 Å². The maximum Gasteiger partial charge on any atom is 0.234 e. The van der Waals surface area contributed by atoms with E-state index in [1.807, 2.05) is 0 Å². The van der Waals surface area contributed by atoms with E-state index in [1.54, 1.807) is 30.3 Å². The van der Waals surface area contributed by atoms with E-state index in [0.717, 1.165) is 0 Å². The molecule has 2 N–H and O–H groups in total. The summed E-state index contributed by atoms with van der Waals surface area (Å²) in [4.78, 5) is 24.6. The number of nitrogen functional groups attached to an aromatic ring is 1. The molecule has 0 aliphatic heterocycles. The van der Waals surface area contributed by atoms with Gasteiger partial charge in [-0.15, -0.1) is 0 Å². The van der Waals surface area contributed by atoms with Gasteiger partial charge in [0, 0.05) is 11.1 Å². The molecule has 0 fully saturated rings. The van der Waals surface area contributed by atoms with Crippen LogP contribution >= 0.6 is 0 Å². The molecule has 7 heteroatoms. The van der Waals surface area contributed by atoms with Crippen LogP contribution in [0.3, 0.4) is 0 Å². The zero-order valence-electron chi connectivity index (χ0n) is 15.4. The summed E-state index contributed by atoms with van der Waals surface area (Å²) in [6.45, 7) is 0. The average Bonchev–Trinajstić information content (AvgIpc) is 2.69. The van der Waals surface area contributed by atoms with Crippen molar-refractivity contribution in [2.24, 2.45) is 0 Å². The lowest BCUT2D eigenvalue weighted by Gasteiger charge is -2.17.